The van der Waals surface area contributed by atoms with Crippen LogP contribution in [0.5, 0.6) is 0 Å². The van der Waals surface area contributed by atoms with Gasteiger partial charge in [-0.05, 0) is 39.0 Å². The molecule has 0 bridgehead atoms. The van der Waals surface area contributed by atoms with Gasteiger partial charge in [0, 0.05) is 31.7 Å². The molecule has 3 unspecified atom stereocenters. The summed E-state index contributed by atoms with van der Waals surface area (Å²) < 4.78 is 0. The standard InChI is InChI=1S/C13H28N2/c1-5-12(3)14-8-9-15-10-11(2)6-7-13(15)4/h11-14H,5-10H2,1-4H3. The molecule has 0 aromatic carbocycles. The lowest BCUT2D eigenvalue weighted by Crippen LogP contribution is -2.45. The Bertz CT molecular complexity index is 170. The molecule has 1 rings (SSSR count). The van der Waals surface area contributed by atoms with Gasteiger partial charge in [-0.1, -0.05) is 13.8 Å². The highest BCUT2D eigenvalue weighted by atomic mass is 15.2. The van der Waals surface area contributed by atoms with Crippen molar-refractivity contribution in [1.29, 1.82) is 0 Å². The van der Waals surface area contributed by atoms with Gasteiger partial charge in [-0.25, -0.2) is 0 Å². The maximum Gasteiger partial charge on any atom is 0.0110 e. The third kappa shape index (κ3) is 4.52. The summed E-state index contributed by atoms with van der Waals surface area (Å²) in [7, 11) is 0. The van der Waals surface area contributed by atoms with Crippen LogP contribution in [0.4, 0.5) is 0 Å². The minimum Gasteiger partial charge on any atom is -0.313 e. The van der Waals surface area contributed by atoms with Gasteiger partial charge in [0.05, 0.1) is 0 Å². The van der Waals surface area contributed by atoms with Crippen LogP contribution < -0.4 is 5.32 Å². The molecule has 0 aliphatic carbocycles. The fourth-order valence-electron chi connectivity index (χ4n) is 2.29. The van der Waals surface area contributed by atoms with E-state index < -0.39 is 0 Å². The third-order valence-corrected chi connectivity index (χ3v) is 3.75. The summed E-state index contributed by atoms with van der Waals surface area (Å²) in [6.07, 6.45) is 4.02. The van der Waals surface area contributed by atoms with E-state index in [4.69, 9.17) is 0 Å². The molecule has 3 atom stereocenters. The molecule has 1 aliphatic heterocycles. The Labute approximate surface area is 95.4 Å². The van der Waals surface area contributed by atoms with Crippen molar-refractivity contribution in [3.05, 3.63) is 0 Å². The first kappa shape index (κ1) is 13.0. The molecule has 0 radical (unpaired) electrons. The summed E-state index contributed by atoms with van der Waals surface area (Å²) in [6.45, 7) is 12.9. The maximum absolute atomic E-state index is 3.57. The first-order valence-electron chi connectivity index (χ1n) is 6.61. The SMILES string of the molecule is CCC(C)NCCN1CC(C)CCC1C. The lowest BCUT2D eigenvalue weighted by atomic mass is 9.95. The van der Waals surface area contributed by atoms with Crippen LogP contribution in [0, 0.1) is 5.92 Å². The molecule has 0 amide bonds. The number of nitrogens with zero attached hydrogens (tertiary/aromatic N) is 1. The minimum atomic E-state index is 0.669. The largest absolute Gasteiger partial charge is 0.313 e. The zero-order chi connectivity index (χ0) is 11.3. The van der Waals surface area contributed by atoms with Gasteiger partial charge < -0.3 is 5.32 Å². The van der Waals surface area contributed by atoms with Crippen molar-refractivity contribution >= 4 is 0 Å². The lowest BCUT2D eigenvalue weighted by molar-refractivity contribution is 0.125. The minimum absolute atomic E-state index is 0.669. The molecule has 2 heteroatoms. The second-order valence-corrected chi connectivity index (χ2v) is 5.29. The van der Waals surface area contributed by atoms with E-state index in [0.717, 1.165) is 18.5 Å². The summed E-state index contributed by atoms with van der Waals surface area (Å²) in [6, 6.07) is 1.46. The first-order chi connectivity index (χ1) is 7.13. The Kier molecular flexibility index (Phi) is 5.62. The van der Waals surface area contributed by atoms with E-state index in [-0.39, 0.29) is 0 Å². The summed E-state index contributed by atoms with van der Waals surface area (Å²) in [5.41, 5.74) is 0. The zero-order valence-corrected chi connectivity index (χ0v) is 10.9. The zero-order valence-electron chi connectivity index (χ0n) is 10.9. The van der Waals surface area contributed by atoms with Gasteiger partial charge >= 0.3 is 0 Å². The fourth-order valence-corrected chi connectivity index (χ4v) is 2.29. The number of nitrogens with one attached hydrogen (secondary N) is 1. The van der Waals surface area contributed by atoms with Gasteiger partial charge in [-0.3, -0.25) is 4.90 Å². The lowest BCUT2D eigenvalue weighted by Gasteiger charge is -2.37. The molecule has 1 fully saturated rings. The molecule has 0 saturated carbocycles. The summed E-state index contributed by atoms with van der Waals surface area (Å²) in [5, 5.41) is 3.57. The van der Waals surface area contributed by atoms with Crippen LogP contribution in [-0.4, -0.2) is 36.6 Å². The number of hydrogen-bond donors (Lipinski definition) is 1. The second kappa shape index (κ2) is 6.49. The molecule has 90 valence electrons. The van der Waals surface area contributed by atoms with Crippen LogP contribution in [0.25, 0.3) is 0 Å². The highest BCUT2D eigenvalue weighted by Gasteiger charge is 2.21. The van der Waals surface area contributed by atoms with Crippen LogP contribution in [0.15, 0.2) is 0 Å². The van der Waals surface area contributed by atoms with E-state index in [2.05, 4.69) is 37.9 Å². The predicted molar refractivity (Wildman–Crippen MR) is 67.2 cm³/mol. The Morgan fingerprint density at radius 1 is 1.33 bits per heavy atom. The van der Waals surface area contributed by atoms with Gasteiger partial charge in [0.1, 0.15) is 0 Å². The Balaban J connectivity index is 2.18. The van der Waals surface area contributed by atoms with Gasteiger partial charge in [0.2, 0.25) is 0 Å². The third-order valence-electron chi connectivity index (χ3n) is 3.75. The topological polar surface area (TPSA) is 15.3 Å². The molecule has 1 heterocycles. The molecule has 1 saturated heterocycles. The van der Waals surface area contributed by atoms with E-state index in [0.29, 0.717) is 6.04 Å². The van der Waals surface area contributed by atoms with Crippen molar-refractivity contribution in [2.45, 2.75) is 59.0 Å². The van der Waals surface area contributed by atoms with Crippen molar-refractivity contribution < 1.29 is 0 Å². The van der Waals surface area contributed by atoms with Crippen molar-refractivity contribution in [2.75, 3.05) is 19.6 Å². The molecule has 2 nitrogen and oxygen atoms in total. The van der Waals surface area contributed by atoms with Crippen LogP contribution in [0.2, 0.25) is 0 Å². The number of piperidine rings is 1. The monoisotopic (exact) mass is 212 g/mol. The molecule has 0 spiro atoms. The summed E-state index contributed by atoms with van der Waals surface area (Å²) in [4.78, 5) is 2.64. The predicted octanol–water partition coefficient (Wildman–Crippen LogP) is 2.49. The Hall–Kier alpha value is -0.0800. The summed E-state index contributed by atoms with van der Waals surface area (Å²) >= 11 is 0. The molecule has 1 aliphatic rings. The van der Waals surface area contributed by atoms with Gasteiger partial charge in [0.15, 0.2) is 0 Å². The number of likely N-dealkylation sites (tertiary alicyclic amines) is 1. The first-order valence-corrected chi connectivity index (χ1v) is 6.61. The number of hydrogen-bond acceptors (Lipinski definition) is 2. The van der Waals surface area contributed by atoms with Gasteiger partial charge in [-0.15, -0.1) is 0 Å². The van der Waals surface area contributed by atoms with Gasteiger partial charge in [0.25, 0.3) is 0 Å². The molecule has 15 heavy (non-hydrogen) atoms. The van der Waals surface area contributed by atoms with Crippen molar-refractivity contribution in [1.82, 2.24) is 10.2 Å². The second-order valence-electron chi connectivity index (χ2n) is 5.29. The highest BCUT2D eigenvalue weighted by Crippen LogP contribution is 2.20. The van der Waals surface area contributed by atoms with Crippen LogP contribution in [0.1, 0.15) is 47.0 Å². The van der Waals surface area contributed by atoms with Crippen molar-refractivity contribution in [2.24, 2.45) is 5.92 Å². The molecule has 1 N–H and O–H groups in total. The summed E-state index contributed by atoms with van der Waals surface area (Å²) in [5.74, 6) is 0.893. The van der Waals surface area contributed by atoms with E-state index >= 15 is 0 Å². The van der Waals surface area contributed by atoms with Crippen LogP contribution >= 0.6 is 0 Å². The van der Waals surface area contributed by atoms with Gasteiger partial charge in [-0.2, -0.15) is 0 Å². The molecular formula is C13H28N2. The maximum atomic E-state index is 3.57. The van der Waals surface area contributed by atoms with E-state index in [9.17, 15) is 0 Å². The molecule has 0 aromatic rings. The van der Waals surface area contributed by atoms with E-state index in [1.807, 2.05) is 0 Å². The van der Waals surface area contributed by atoms with Crippen LogP contribution in [-0.2, 0) is 0 Å². The average molecular weight is 212 g/mol. The molecule has 0 aromatic heterocycles. The average Bonchev–Trinajstić information content (AvgIpc) is 2.23. The van der Waals surface area contributed by atoms with Crippen LogP contribution in [0.3, 0.4) is 0 Å². The van der Waals surface area contributed by atoms with E-state index in [1.165, 1.54) is 32.4 Å². The fraction of sp³-hybridized carbons (Fsp3) is 1.00. The number of rotatable bonds is 5. The van der Waals surface area contributed by atoms with Crippen molar-refractivity contribution in [3.8, 4) is 0 Å². The van der Waals surface area contributed by atoms with E-state index in [1.54, 1.807) is 0 Å². The molecular weight excluding hydrogens is 184 g/mol. The Morgan fingerprint density at radius 2 is 2.07 bits per heavy atom. The Morgan fingerprint density at radius 3 is 2.73 bits per heavy atom. The normalized spacial score (nSPS) is 30.4. The quantitative estimate of drug-likeness (QED) is 0.753. The van der Waals surface area contributed by atoms with Crippen molar-refractivity contribution in [3.63, 3.8) is 0 Å². The highest BCUT2D eigenvalue weighted by molar-refractivity contribution is 4.77. The smallest absolute Gasteiger partial charge is 0.0110 e.